The van der Waals surface area contributed by atoms with Crippen molar-refractivity contribution in [2.24, 2.45) is 5.92 Å². The van der Waals surface area contributed by atoms with Gasteiger partial charge in [-0.1, -0.05) is 6.07 Å². The van der Waals surface area contributed by atoms with Crippen molar-refractivity contribution >= 4 is 11.8 Å². The van der Waals surface area contributed by atoms with Gasteiger partial charge in [0.05, 0.1) is 6.61 Å². The number of nitrogens with zero attached hydrogens (tertiary/aromatic N) is 1. The summed E-state index contributed by atoms with van der Waals surface area (Å²) < 4.78 is 11.0. The molecule has 5 heteroatoms. The number of nitrogens with one attached hydrogen (secondary N) is 1. The van der Waals surface area contributed by atoms with Crippen molar-refractivity contribution in [3.8, 4) is 5.75 Å². The molecule has 3 heterocycles. The number of hydrogen-bond acceptors (Lipinski definition) is 4. The van der Waals surface area contributed by atoms with E-state index in [0.717, 1.165) is 38.2 Å². The molecule has 1 amide bonds. The molecule has 5 nitrogen and oxygen atoms in total. The largest absolute Gasteiger partial charge is 0.494 e. The summed E-state index contributed by atoms with van der Waals surface area (Å²) >= 11 is 0. The molecule has 2 bridgehead atoms. The lowest BCUT2D eigenvalue weighted by Gasteiger charge is -2.43. The number of rotatable bonds is 4. The molecule has 4 rings (SSSR count). The van der Waals surface area contributed by atoms with E-state index in [1.54, 1.807) is 6.07 Å². The summed E-state index contributed by atoms with van der Waals surface area (Å²) in [6.45, 7) is 5.69. The number of carbonyl (C=O) groups excluding carboxylic acids is 1. The summed E-state index contributed by atoms with van der Waals surface area (Å²) in [4.78, 5) is 14.4. The van der Waals surface area contributed by atoms with Gasteiger partial charge in [0.15, 0.2) is 0 Å². The molecular weight excluding hydrogens is 268 g/mol. The van der Waals surface area contributed by atoms with Crippen LogP contribution in [0.1, 0.15) is 19.8 Å². The lowest BCUT2D eigenvalue weighted by atomic mass is 9.86. The zero-order valence-corrected chi connectivity index (χ0v) is 12.4. The minimum atomic E-state index is -0.373. The Bertz CT molecular complexity index is 498. The Morgan fingerprint density at radius 3 is 2.86 bits per heavy atom. The van der Waals surface area contributed by atoms with E-state index in [1.165, 1.54) is 0 Å². The smallest absolute Gasteiger partial charge is 0.411 e. The SMILES string of the molecule is CCOc1cccc(NC(=O)OC2CN3CCC2CC3)c1. The predicted octanol–water partition coefficient (Wildman–Crippen LogP) is 2.73. The van der Waals surface area contributed by atoms with Crippen LogP contribution in [0.25, 0.3) is 0 Å². The summed E-state index contributed by atoms with van der Waals surface area (Å²) in [6.07, 6.45) is 1.93. The van der Waals surface area contributed by atoms with Crippen LogP contribution in [0.3, 0.4) is 0 Å². The number of anilines is 1. The highest BCUT2D eigenvalue weighted by atomic mass is 16.6. The first-order chi connectivity index (χ1) is 10.2. The number of piperidine rings is 3. The molecule has 0 aromatic heterocycles. The van der Waals surface area contributed by atoms with Crippen LogP contribution < -0.4 is 10.1 Å². The van der Waals surface area contributed by atoms with Crippen LogP contribution in [0.2, 0.25) is 0 Å². The van der Waals surface area contributed by atoms with Gasteiger partial charge in [0.2, 0.25) is 0 Å². The van der Waals surface area contributed by atoms with Gasteiger partial charge in [-0.05, 0) is 50.9 Å². The Kier molecular flexibility index (Phi) is 4.29. The van der Waals surface area contributed by atoms with E-state index in [9.17, 15) is 4.79 Å². The normalized spacial score (nSPS) is 27.2. The molecule has 3 fully saturated rings. The van der Waals surface area contributed by atoms with Crippen molar-refractivity contribution < 1.29 is 14.3 Å². The van der Waals surface area contributed by atoms with E-state index in [-0.39, 0.29) is 12.2 Å². The van der Waals surface area contributed by atoms with Crippen molar-refractivity contribution in [1.29, 1.82) is 0 Å². The molecule has 3 aliphatic heterocycles. The van der Waals surface area contributed by atoms with Crippen molar-refractivity contribution in [1.82, 2.24) is 4.90 Å². The van der Waals surface area contributed by atoms with Gasteiger partial charge in [0.1, 0.15) is 11.9 Å². The van der Waals surface area contributed by atoms with Crippen LogP contribution >= 0.6 is 0 Å². The second-order valence-corrected chi connectivity index (χ2v) is 5.67. The van der Waals surface area contributed by atoms with Crippen LogP contribution in [0.4, 0.5) is 10.5 Å². The van der Waals surface area contributed by atoms with Crippen molar-refractivity contribution in [3.05, 3.63) is 24.3 Å². The average molecular weight is 290 g/mol. The minimum absolute atomic E-state index is 0.0302. The summed E-state index contributed by atoms with van der Waals surface area (Å²) in [6, 6.07) is 7.36. The lowest BCUT2D eigenvalue weighted by molar-refractivity contribution is -0.0289. The summed E-state index contributed by atoms with van der Waals surface area (Å²) in [5.74, 6) is 1.27. The van der Waals surface area contributed by atoms with E-state index in [2.05, 4.69) is 10.2 Å². The van der Waals surface area contributed by atoms with E-state index < -0.39 is 0 Å². The van der Waals surface area contributed by atoms with E-state index in [0.29, 0.717) is 18.2 Å². The Hall–Kier alpha value is -1.75. The van der Waals surface area contributed by atoms with E-state index in [4.69, 9.17) is 9.47 Å². The highest BCUT2D eigenvalue weighted by Crippen LogP contribution is 2.29. The Morgan fingerprint density at radius 2 is 2.19 bits per heavy atom. The van der Waals surface area contributed by atoms with Gasteiger partial charge in [0.25, 0.3) is 0 Å². The highest BCUT2D eigenvalue weighted by molar-refractivity contribution is 5.85. The van der Waals surface area contributed by atoms with Crippen LogP contribution in [-0.4, -0.2) is 43.3 Å². The third-order valence-corrected chi connectivity index (χ3v) is 4.25. The number of hydrogen-bond donors (Lipinski definition) is 1. The molecule has 1 aromatic carbocycles. The molecule has 1 aromatic rings. The number of fused-ring (bicyclic) bond motifs is 3. The molecular formula is C16H22N2O3. The second kappa shape index (κ2) is 6.35. The fraction of sp³-hybridized carbons (Fsp3) is 0.562. The zero-order chi connectivity index (χ0) is 14.7. The molecule has 0 radical (unpaired) electrons. The lowest BCUT2D eigenvalue weighted by Crippen LogP contribution is -2.52. The van der Waals surface area contributed by atoms with Crippen LogP contribution in [-0.2, 0) is 4.74 Å². The summed E-state index contributed by atoms with van der Waals surface area (Å²) in [5.41, 5.74) is 0.701. The van der Waals surface area contributed by atoms with E-state index >= 15 is 0 Å². The topological polar surface area (TPSA) is 50.8 Å². The quantitative estimate of drug-likeness (QED) is 0.926. The molecule has 0 saturated carbocycles. The first kappa shape index (κ1) is 14.2. The number of ether oxygens (including phenoxy) is 2. The van der Waals surface area contributed by atoms with Crippen molar-refractivity contribution in [2.75, 3.05) is 31.6 Å². The monoisotopic (exact) mass is 290 g/mol. The first-order valence-electron chi connectivity index (χ1n) is 7.67. The van der Waals surface area contributed by atoms with Gasteiger partial charge in [-0.2, -0.15) is 0 Å². The maximum atomic E-state index is 12.0. The van der Waals surface area contributed by atoms with Crippen molar-refractivity contribution in [3.63, 3.8) is 0 Å². The summed E-state index contributed by atoms with van der Waals surface area (Å²) in [5, 5.41) is 2.79. The third kappa shape index (κ3) is 3.47. The van der Waals surface area contributed by atoms with Crippen molar-refractivity contribution in [2.45, 2.75) is 25.9 Å². The highest BCUT2D eigenvalue weighted by Gasteiger charge is 2.36. The number of benzene rings is 1. The molecule has 114 valence electrons. The third-order valence-electron chi connectivity index (χ3n) is 4.25. The molecule has 21 heavy (non-hydrogen) atoms. The average Bonchev–Trinajstić information content (AvgIpc) is 2.49. The van der Waals surface area contributed by atoms with Crippen LogP contribution in [0, 0.1) is 5.92 Å². The zero-order valence-electron chi connectivity index (χ0n) is 12.4. The molecule has 3 aliphatic rings. The minimum Gasteiger partial charge on any atom is -0.494 e. The second-order valence-electron chi connectivity index (χ2n) is 5.67. The predicted molar refractivity (Wildman–Crippen MR) is 80.7 cm³/mol. The Morgan fingerprint density at radius 1 is 1.38 bits per heavy atom. The molecule has 1 N–H and O–H groups in total. The maximum Gasteiger partial charge on any atom is 0.411 e. The molecule has 1 atom stereocenters. The van der Waals surface area contributed by atoms with Crippen LogP contribution in [0.5, 0.6) is 5.75 Å². The molecule has 1 unspecified atom stereocenters. The van der Waals surface area contributed by atoms with Gasteiger partial charge in [0, 0.05) is 18.3 Å². The standard InChI is InChI=1S/C16H22N2O3/c1-2-20-14-5-3-4-13(10-14)17-16(19)21-15-11-18-8-6-12(15)7-9-18/h3-5,10,12,15H,2,6-9,11H2,1H3,(H,17,19). The van der Waals surface area contributed by atoms with Gasteiger partial charge in [-0.25, -0.2) is 4.79 Å². The van der Waals surface area contributed by atoms with Gasteiger partial charge in [-0.3, -0.25) is 10.2 Å². The number of carbonyl (C=O) groups is 1. The molecule has 3 saturated heterocycles. The summed E-state index contributed by atoms with van der Waals surface area (Å²) in [7, 11) is 0. The van der Waals surface area contributed by atoms with E-state index in [1.807, 2.05) is 25.1 Å². The maximum absolute atomic E-state index is 12.0. The molecule has 0 aliphatic carbocycles. The Balaban J connectivity index is 1.55. The fourth-order valence-electron chi connectivity index (χ4n) is 3.16. The fourth-order valence-corrected chi connectivity index (χ4v) is 3.16. The first-order valence-corrected chi connectivity index (χ1v) is 7.67. The van der Waals surface area contributed by atoms with Crippen LogP contribution in [0.15, 0.2) is 24.3 Å². The number of amides is 1. The molecule has 0 spiro atoms. The van der Waals surface area contributed by atoms with Gasteiger partial charge >= 0.3 is 6.09 Å². The Labute approximate surface area is 125 Å². The van der Waals surface area contributed by atoms with Gasteiger partial charge < -0.3 is 9.47 Å². The van der Waals surface area contributed by atoms with Gasteiger partial charge in [-0.15, -0.1) is 0 Å².